The van der Waals surface area contributed by atoms with Crippen LogP contribution in [-0.2, 0) is 6.54 Å². The van der Waals surface area contributed by atoms with Gasteiger partial charge in [0, 0.05) is 17.7 Å². The van der Waals surface area contributed by atoms with Crippen LogP contribution in [0.5, 0.6) is 0 Å². The highest BCUT2D eigenvalue weighted by molar-refractivity contribution is 5.97. The van der Waals surface area contributed by atoms with Crippen molar-refractivity contribution in [3.8, 4) is 6.07 Å². The zero-order chi connectivity index (χ0) is 13.7. The van der Waals surface area contributed by atoms with E-state index in [4.69, 9.17) is 9.68 Å². The molecule has 2 rings (SSSR count). The topological polar surface area (TPSA) is 57.2 Å². The van der Waals surface area contributed by atoms with Crippen LogP contribution in [0.2, 0.25) is 0 Å². The Morgan fingerprint density at radius 2 is 2.05 bits per heavy atom. The second kappa shape index (κ2) is 5.98. The van der Waals surface area contributed by atoms with Gasteiger partial charge in [-0.05, 0) is 25.2 Å². The highest BCUT2D eigenvalue weighted by atomic mass is 16.3. The van der Waals surface area contributed by atoms with Gasteiger partial charge in [0.25, 0.3) is 0 Å². The van der Waals surface area contributed by atoms with E-state index in [-0.39, 0.29) is 5.78 Å². The highest BCUT2D eigenvalue weighted by Crippen LogP contribution is 2.07. The Morgan fingerprint density at radius 1 is 1.32 bits per heavy atom. The van der Waals surface area contributed by atoms with Gasteiger partial charge >= 0.3 is 0 Å². The molecule has 0 radical (unpaired) electrons. The molecule has 96 valence electrons. The Balaban J connectivity index is 1.94. The van der Waals surface area contributed by atoms with E-state index in [1.54, 1.807) is 36.8 Å². The first-order chi connectivity index (χ1) is 9.19. The second-order valence-electron chi connectivity index (χ2n) is 4.42. The first kappa shape index (κ1) is 13.1. The summed E-state index contributed by atoms with van der Waals surface area (Å²) in [4.78, 5) is 14.0. The summed E-state index contributed by atoms with van der Waals surface area (Å²) in [6, 6.07) is 10.6. The van der Waals surface area contributed by atoms with E-state index in [0.717, 1.165) is 5.56 Å². The minimum atomic E-state index is 0.0375. The molecule has 0 unspecified atom stereocenters. The Labute approximate surface area is 111 Å². The fourth-order valence-corrected chi connectivity index (χ4v) is 1.82. The minimum absolute atomic E-state index is 0.0375. The second-order valence-corrected chi connectivity index (χ2v) is 4.42. The van der Waals surface area contributed by atoms with Crippen LogP contribution in [0.4, 0.5) is 0 Å². The lowest BCUT2D eigenvalue weighted by Crippen LogP contribution is -2.25. The van der Waals surface area contributed by atoms with Crippen molar-refractivity contribution in [2.45, 2.75) is 6.54 Å². The maximum Gasteiger partial charge on any atom is 0.176 e. The van der Waals surface area contributed by atoms with Crippen LogP contribution >= 0.6 is 0 Å². The van der Waals surface area contributed by atoms with Crippen molar-refractivity contribution >= 4 is 5.78 Å². The summed E-state index contributed by atoms with van der Waals surface area (Å²) in [6.07, 6.45) is 3.29. The van der Waals surface area contributed by atoms with Crippen molar-refractivity contribution < 1.29 is 9.21 Å². The Bertz CT molecular complexity index is 580. The van der Waals surface area contributed by atoms with Crippen LogP contribution in [-0.4, -0.2) is 24.3 Å². The van der Waals surface area contributed by atoms with Crippen molar-refractivity contribution in [2.75, 3.05) is 13.6 Å². The van der Waals surface area contributed by atoms with Gasteiger partial charge in [0.1, 0.15) is 0 Å². The number of nitriles is 1. The normalized spacial score (nSPS) is 10.4. The zero-order valence-corrected chi connectivity index (χ0v) is 10.7. The number of rotatable bonds is 5. The number of likely N-dealkylation sites (N-methyl/N-ethyl adjacent to an activating group) is 1. The average Bonchev–Trinajstić information content (AvgIpc) is 2.91. The summed E-state index contributed by atoms with van der Waals surface area (Å²) in [7, 11) is 1.88. The maximum atomic E-state index is 12.0. The van der Waals surface area contributed by atoms with Gasteiger partial charge in [0.05, 0.1) is 30.7 Å². The summed E-state index contributed by atoms with van der Waals surface area (Å²) in [5.74, 6) is 0.0375. The molecule has 4 heteroatoms. The molecule has 0 aliphatic rings. The fourth-order valence-electron chi connectivity index (χ4n) is 1.82. The van der Waals surface area contributed by atoms with Crippen LogP contribution in [0, 0.1) is 11.3 Å². The molecule has 1 aromatic heterocycles. The molecule has 0 saturated carbocycles. The highest BCUT2D eigenvalue weighted by Gasteiger charge is 2.10. The number of carbonyl (C=O) groups excluding carboxylic acids is 1. The van der Waals surface area contributed by atoms with E-state index < -0.39 is 0 Å². The Kier molecular flexibility index (Phi) is 4.11. The number of benzene rings is 1. The number of ketones is 1. The zero-order valence-electron chi connectivity index (χ0n) is 10.7. The lowest BCUT2D eigenvalue weighted by Gasteiger charge is -2.14. The lowest BCUT2D eigenvalue weighted by atomic mass is 10.1. The predicted molar refractivity (Wildman–Crippen MR) is 70.5 cm³/mol. The summed E-state index contributed by atoms with van der Waals surface area (Å²) in [5, 5.41) is 8.70. The molecule has 0 aliphatic heterocycles. The van der Waals surface area contributed by atoms with Gasteiger partial charge in [-0.2, -0.15) is 5.26 Å². The average molecular weight is 254 g/mol. The molecule has 2 aromatic rings. The standard InChI is InChI=1S/C15H14N2O2/c1-17(9-13-6-7-19-11-13)10-15(18)14-4-2-12(8-16)3-5-14/h2-7,11H,9-10H2,1H3. The van der Waals surface area contributed by atoms with E-state index >= 15 is 0 Å². The van der Waals surface area contributed by atoms with Crippen LogP contribution in [0.25, 0.3) is 0 Å². The van der Waals surface area contributed by atoms with Gasteiger partial charge in [0.2, 0.25) is 0 Å². The van der Waals surface area contributed by atoms with Gasteiger partial charge < -0.3 is 4.42 Å². The van der Waals surface area contributed by atoms with Crippen LogP contribution in [0.15, 0.2) is 47.3 Å². The van der Waals surface area contributed by atoms with Crippen LogP contribution in [0.3, 0.4) is 0 Å². The molecule has 0 spiro atoms. The molecule has 4 nitrogen and oxygen atoms in total. The van der Waals surface area contributed by atoms with Crippen LogP contribution < -0.4 is 0 Å². The molecule has 0 aliphatic carbocycles. The number of carbonyl (C=O) groups is 1. The van der Waals surface area contributed by atoms with Crippen molar-refractivity contribution in [3.05, 3.63) is 59.5 Å². The van der Waals surface area contributed by atoms with Crippen LogP contribution in [0.1, 0.15) is 21.5 Å². The number of nitrogens with zero attached hydrogens (tertiary/aromatic N) is 2. The predicted octanol–water partition coefficient (Wildman–Crippen LogP) is 2.47. The van der Waals surface area contributed by atoms with E-state index in [9.17, 15) is 4.79 Å². The number of hydrogen-bond acceptors (Lipinski definition) is 4. The van der Waals surface area contributed by atoms with E-state index in [1.165, 1.54) is 0 Å². The quantitative estimate of drug-likeness (QED) is 0.769. The molecular weight excluding hydrogens is 240 g/mol. The summed E-state index contributed by atoms with van der Waals surface area (Å²) in [5.41, 5.74) is 2.22. The van der Waals surface area contributed by atoms with Gasteiger partial charge in [-0.1, -0.05) is 12.1 Å². The van der Waals surface area contributed by atoms with Crippen molar-refractivity contribution in [2.24, 2.45) is 0 Å². The summed E-state index contributed by atoms with van der Waals surface area (Å²) >= 11 is 0. The minimum Gasteiger partial charge on any atom is -0.472 e. The third-order valence-corrected chi connectivity index (χ3v) is 2.78. The molecule has 1 heterocycles. The molecular formula is C15H14N2O2. The fraction of sp³-hybridized carbons (Fsp3) is 0.200. The maximum absolute atomic E-state index is 12.0. The first-order valence-electron chi connectivity index (χ1n) is 5.92. The molecule has 0 amide bonds. The summed E-state index contributed by atoms with van der Waals surface area (Å²) in [6.45, 7) is 0.996. The Hall–Kier alpha value is -2.38. The molecule has 0 N–H and O–H groups in total. The molecule has 0 atom stereocenters. The molecule has 0 bridgehead atoms. The SMILES string of the molecule is CN(CC(=O)c1ccc(C#N)cc1)Cc1ccoc1. The Morgan fingerprint density at radius 3 is 2.63 bits per heavy atom. The van der Waals surface area contributed by atoms with Crippen molar-refractivity contribution in [1.82, 2.24) is 4.90 Å². The smallest absolute Gasteiger partial charge is 0.176 e. The molecule has 0 saturated heterocycles. The van der Waals surface area contributed by atoms with Gasteiger partial charge in [-0.3, -0.25) is 9.69 Å². The number of Topliss-reactive ketones (excluding diaryl/α,β-unsaturated/α-hetero) is 1. The largest absolute Gasteiger partial charge is 0.472 e. The first-order valence-corrected chi connectivity index (χ1v) is 5.92. The summed E-state index contributed by atoms with van der Waals surface area (Å²) < 4.78 is 4.99. The van der Waals surface area contributed by atoms with E-state index in [1.807, 2.05) is 24.1 Å². The third-order valence-electron chi connectivity index (χ3n) is 2.78. The van der Waals surface area contributed by atoms with Gasteiger partial charge in [0.15, 0.2) is 5.78 Å². The van der Waals surface area contributed by atoms with E-state index in [0.29, 0.717) is 24.2 Å². The molecule has 19 heavy (non-hydrogen) atoms. The molecule has 0 fully saturated rings. The van der Waals surface area contributed by atoms with Crippen molar-refractivity contribution in [1.29, 1.82) is 5.26 Å². The number of furan rings is 1. The number of hydrogen-bond donors (Lipinski definition) is 0. The van der Waals surface area contributed by atoms with Crippen molar-refractivity contribution in [3.63, 3.8) is 0 Å². The monoisotopic (exact) mass is 254 g/mol. The lowest BCUT2D eigenvalue weighted by molar-refractivity contribution is 0.0943. The third kappa shape index (κ3) is 3.54. The van der Waals surface area contributed by atoms with E-state index in [2.05, 4.69) is 0 Å². The van der Waals surface area contributed by atoms with Gasteiger partial charge in [-0.25, -0.2) is 0 Å². The molecule has 1 aromatic carbocycles. The van der Waals surface area contributed by atoms with Gasteiger partial charge in [-0.15, -0.1) is 0 Å².